The van der Waals surface area contributed by atoms with Crippen molar-refractivity contribution >= 4 is 17.1 Å². The highest BCUT2D eigenvalue weighted by Crippen LogP contribution is 2.15. The lowest BCUT2D eigenvalue weighted by Gasteiger charge is -2.02. The average Bonchev–Trinajstić information content (AvgIpc) is 2.82. The van der Waals surface area contributed by atoms with Crippen LogP contribution in [0.4, 0.5) is 8.78 Å². The molecule has 0 atom stereocenters. The molecule has 0 N–H and O–H groups in total. The zero-order valence-corrected chi connectivity index (χ0v) is 9.77. The minimum absolute atomic E-state index is 0.166. The van der Waals surface area contributed by atoms with Crippen LogP contribution in [0, 0.1) is 11.6 Å². The predicted octanol–water partition coefficient (Wildman–Crippen LogP) is 3.84. The molecule has 0 aliphatic heterocycles. The van der Waals surface area contributed by atoms with Crippen LogP contribution in [-0.2, 0) is 6.42 Å². The molecule has 0 spiro atoms. The van der Waals surface area contributed by atoms with Gasteiger partial charge in [0.15, 0.2) is 5.78 Å². The van der Waals surface area contributed by atoms with Crippen molar-refractivity contribution in [2.45, 2.75) is 12.8 Å². The summed E-state index contributed by atoms with van der Waals surface area (Å²) in [6.07, 6.45) is 0.745. The molecule has 0 aliphatic rings. The van der Waals surface area contributed by atoms with Crippen molar-refractivity contribution < 1.29 is 13.6 Å². The zero-order chi connectivity index (χ0) is 12.3. The third-order valence-electron chi connectivity index (χ3n) is 2.45. The lowest BCUT2D eigenvalue weighted by atomic mass is 10.0. The van der Waals surface area contributed by atoms with Gasteiger partial charge in [0.05, 0.1) is 5.56 Å². The van der Waals surface area contributed by atoms with Gasteiger partial charge in [0.1, 0.15) is 11.6 Å². The minimum atomic E-state index is -0.665. The van der Waals surface area contributed by atoms with Crippen LogP contribution < -0.4 is 0 Å². The number of rotatable bonds is 4. The fourth-order valence-corrected chi connectivity index (χ4v) is 2.24. The Hall–Kier alpha value is -1.55. The summed E-state index contributed by atoms with van der Waals surface area (Å²) < 4.78 is 26.2. The van der Waals surface area contributed by atoms with Crippen molar-refractivity contribution in [2.75, 3.05) is 0 Å². The van der Waals surface area contributed by atoms with Crippen molar-refractivity contribution in [3.63, 3.8) is 0 Å². The molecule has 0 bridgehead atoms. The Morgan fingerprint density at radius 1 is 1.24 bits per heavy atom. The van der Waals surface area contributed by atoms with E-state index in [9.17, 15) is 13.6 Å². The molecule has 1 heterocycles. The van der Waals surface area contributed by atoms with E-state index in [1.54, 1.807) is 11.3 Å². The van der Waals surface area contributed by atoms with Crippen LogP contribution in [0.5, 0.6) is 0 Å². The van der Waals surface area contributed by atoms with Gasteiger partial charge in [-0.1, -0.05) is 0 Å². The summed E-state index contributed by atoms with van der Waals surface area (Å²) in [5.74, 6) is -1.62. The van der Waals surface area contributed by atoms with Gasteiger partial charge in [-0.25, -0.2) is 8.78 Å². The number of Topliss-reactive ketones (excluding diaryl/α,β-unsaturated/α-hetero) is 1. The highest BCUT2D eigenvalue weighted by molar-refractivity contribution is 7.07. The topological polar surface area (TPSA) is 17.1 Å². The first-order chi connectivity index (χ1) is 8.16. The number of benzene rings is 1. The molecular formula is C13H10F2OS. The van der Waals surface area contributed by atoms with E-state index in [2.05, 4.69) is 0 Å². The van der Waals surface area contributed by atoms with E-state index >= 15 is 0 Å². The number of thiophene rings is 1. The molecule has 2 rings (SSSR count). The fraction of sp³-hybridized carbons (Fsp3) is 0.154. The number of carbonyl (C=O) groups excluding carboxylic acids is 1. The number of ketones is 1. The highest BCUT2D eigenvalue weighted by Gasteiger charge is 2.12. The van der Waals surface area contributed by atoms with E-state index in [1.165, 1.54) is 0 Å². The predicted molar refractivity (Wildman–Crippen MR) is 63.3 cm³/mol. The maximum Gasteiger partial charge on any atom is 0.166 e. The number of aryl methyl sites for hydroxylation is 1. The van der Waals surface area contributed by atoms with Crippen molar-refractivity contribution in [2.24, 2.45) is 0 Å². The van der Waals surface area contributed by atoms with Crippen LogP contribution in [0.15, 0.2) is 35.0 Å². The van der Waals surface area contributed by atoms with Crippen molar-refractivity contribution in [1.29, 1.82) is 0 Å². The molecule has 1 nitrogen and oxygen atoms in total. The lowest BCUT2D eigenvalue weighted by Crippen LogP contribution is -2.04. The third kappa shape index (κ3) is 2.97. The van der Waals surface area contributed by atoms with Gasteiger partial charge < -0.3 is 0 Å². The second kappa shape index (κ2) is 5.19. The Morgan fingerprint density at radius 3 is 2.76 bits per heavy atom. The molecule has 0 fully saturated rings. The van der Waals surface area contributed by atoms with Gasteiger partial charge in [-0.2, -0.15) is 11.3 Å². The first-order valence-corrected chi connectivity index (χ1v) is 6.10. The standard InChI is InChI=1S/C13H10F2OS/c14-10-2-3-12(15)11(7-10)13(16)4-1-9-5-6-17-8-9/h2-3,5-8H,1,4H2. The second-order valence-electron chi connectivity index (χ2n) is 3.68. The van der Waals surface area contributed by atoms with Gasteiger partial charge in [0.2, 0.25) is 0 Å². The van der Waals surface area contributed by atoms with Crippen molar-refractivity contribution in [3.8, 4) is 0 Å². The minimum Gasteiger partial charge on any atom is -0.294 e. The molecule has 0 saturated heterocycles. The quantitative estimate of drug-likeness (QED) is 0.755. The van der Waals surface area contributed by atoms with Gasteiger partial charge in [-0.15, -0.1) is 0 Å². The summed E-state index contributed by atoms with van der Waals surface area (Å²) in [4.78, 5) is 11.7. The smallest absolute Gasteiger partial charge is 0.166 e. The van der Waals surface area contributed by atoms with Gasteiger partial charge >= 0.3 is 0 Å². The van der Waals surface area contributed by atoms with E-state index in [4.69, 9.17) is 0 Å². The normalized spacial score (nSPS) is 10.5. The van der Waals surface area contributed by atoms with Crippen LogP contribution in [0.25, 0.3) is 0 Å². The fourth-order valence-electron chi connectivity index (χ4n) is 1.54. The molecule has 1 aromatic heterocycles. The molecule has 0 amide bonds. The van der Waals surface area contributed by atoms with E-state index in [-0.39, 0.29) is 17.8 Å². The Bertz CT molecular complexity index is 520. The number of hydrogen-bond acceptors (Lipinski definition) is 2. The summed E-state index contributed by atoms with van der Waals surface area (Å²) in [6.45, 7) is 0. The van der Waals surface area contributed by atoms with E-state index < -0.39 is 11.6 Å². The summed E-state index contributed by atoms with van der Waals surface area (Å²) in [5.41, 5.74) is 0.875. The van der Waals surface area contributed by atoms with Crippen LogP contribution in [0.1, 0.15) is 22.3 Å². The Kier molecular flexibility index (Phi) is 3.64. The largest absolute Gasteiger partial charge is 0.294 e. The maximum atomic E-state index is 13.3. The lowest BCUT2D eigenvalue weighted by molar-refractivity contribution is 0.0978. The summed E-state index contributed by atoms with van der Waals surface area (Å²) in [6, 6.07) is 4.85. The van der Waals surface area contributed by atoms with Gasteiger partial charge in [-0.05, 0) is 47.0 Å². The second-order valence-corrected chi connectivity index (χ2v) is 4.46. The molecule has 1 aromatic carbocycles. The molecule has 2 aromatic rings. The van der Waals surface area contributed by atoms with Crippen LogP contribution in [-0.4, -0.2) is 5.78 Å². The Balaban J connectivity index is 2.07. The van der Waals surface area contributed by atoms with E-state index in [0.717, 1.165) is 23.8 Å². The van der Waals surface area contributed by atoms with Crippen LogP contribution in [0.3, 0.4) is 0 Å². The molecule has 0 radical (unpaired) electrons. The molecular weight excluding hydrogens is 242 g/mol. The zero-order valence-electron chi connectivity index (χ0n) is 8.95. The third-order valence-corrected chi connectivity index (χ3v) is 3.18. The van der Waals surface area contributed by atoms with Gasteiger partial charge in [0.25, 0.3) is 0 Å². The number of halogens is 2. The molecule has 88 valence electrons. The molecule has 4 heteroatoms. The highest BCUT2D eigenvalue weighted by atomic mass is 32.1. The average molecular weight is 252 g/mol. The summed E-state index contributed by atoms with van der Waals surface area (Å²) in [7, 11) is 0. The van der Waals surface area contributed by atoms with Gasteiger partial charge in [0, 0.05) is 6.42 Å². The monoisotopic (exact) mass is 252 g/mol. The number of hydrogen-bond donors (Lipinski definition) is 0. The Morgan fingerprint density at radius 2 is 2.06 bits per heavy atom. The number of carbonyl (C=O) groups is 1. The first-order valence-electron chi connectivity index (χ1n) is 5.16. The molecule has 0 saturated carbocycles. The molecule has 0 aliphatic carbocycles. The van der Waals surface area contributed by atoms with E-state index in [0.29, 0.717) is 6.42 Å². The SMILES string of the molecule is O=C(CCc1ccsc1)c1cc(F)ccc1F. The molecule has 0 unspecified atom stereocenters. The van der Waals surface area contributed by atoms with E-state index in [1.807, 2.05) is 16.8 Å². The van der Waals surface area contributed by atoms with Crippen molar-refractivity contribution in [1.82, 2.24) is 0 Å². The summed E-state index contributed by atoms with van der Waals surface area (Å²) >= 11 is 1.55. The van der Waals surface area contributed by atoms with Crippen LogP contribution >= 0.6 is 11.3 Å². The summed E-state index contributed by atoms with van der Waals surface area (Å²) in [5, 5.41) is 3.86. The molecule has 17 heavy (non-hydrogen) atoms. The van der Waals surface area contributed by atoms with Gasteiger partial charge in [-0.3, -0.25) is 4.79 Å². The van der Waals surface area contributed by atoms with Crippen LogP contribution in [0.2, 0.25) is 0 Å². The van der Waals surface area contributed by atoms with Crippen molar-refractivity contribution in [3.05, 3.63) is 57.8 Å². The Labute approximate surface area is 102 Å². The first kappa shape index (κ1) is 11.9. The maximum absolute atomic E-state index is 13.3.